The number of nitrogens with two attached hydrogens (primary N) is 1. The van der Waals surface area contributed by atoms with E-state index in [1.54, 1.807) is 6.33 Å². The zero-order valence-corrected chi connectivity index (χ0v) is 15.2. The zero-order chi connectivity index (χ0) is 17.7. The summed E-state index contributed by atoms with van der Waals surface area (Å²) < 4.78 is 25.2. The van der Waals surface area contributed by atoms with E-state index in [0.717, 1.165) is 49.2 Å². The molecule has 2 atom stereocenters. The van der Waals surface area contributed by atoms with Gasteiger partial charge in [-0.15, -0.1) is 0 Å². The predicted molar refractivity (Wildman–Crippen MR) is 96.2 cm³/mol. The fraction of sp³-hybridized carbons (Fsp3) is 0.625. The number of fused-ring (bicyclic) bond motifs is 2. The van der Waals surface area contributed by atoms with E-state index in [2.05, 4.69) is 26.8 Å². The second kappa shape index (κ2) is 5.93. The van der Waals surface area contributed by atoms with Crippen molar-refractivity contribution < 1.29 is 8.42 Å². The minimum Gasteiger partial charge on any atom is -0.355 e. The van der Waals surface area contributed by atoms with Crippen LogP contribution >= 0.6 is 0 Å². The standard InChI is InChI=1S/C16H24N6O2S/c1-2-16-9-21(15-13-3-6-18-14(13)19-11-20-15)7-4-12(16)5-8-22(10-16)25(17,23)24/h3,6,11-12H,2,4-5,7-10H2,1H3,(H2,17,23,24)(H,18,19,20)/t12-,16+/m1/s1. The first kappa shape index (κ1) is 16.7. The quantitative estimate of drug-likeness (QED) is 0.847. The molecule has 4 rings (SSSR count). The van der Waals surface area contributed by atoms with Crippen molar-refractivity contribution in [1.29, 1.82) is 0 Å². The summed E-state index contributed by atoms with van der Waals surface area (Å²) in [7, 11) is -3.65. The summed E-state index contributed by atoms with van der Waals surface area (Å²) in [5, 5.41) is 6.42. The van der Waals surface area contributed by atoms with Crippen LogP contribution in [0, 0.1) is 11.3 Å². The van der Waals surface area contributed by atoms with Gasteiger partial charge in [-0.25, -0.2) is 15.1 Å². The summed E-state index contributed by atoms with van der Waals surface area (Å²) >= 11 is 0. The molecule has 0 spiro atoms. The minimum absolute atomic E-state index is 0.0868. The lowest BCUT2D eigenvalue weighted by atomic mass is 9.66. The summed E-state index contributed by atoms with van der Waals surface area (Å²) in [6.07, 6.45) is 6.29. The molecule has 8 nitrogen and oxygen atoms in total. The molecule has 2 aliphatic heterocycles. The molecule has 0 bridgehead atoms. The first-order valence-corrected chi connectivity index (χ1v) is 10.2. The summed E-state index contributed by atoms with van der Waals surface area (Å²) in [5.74, 6) is 1.44. The Labute approximate surface area is 147 Å². The number of nitrogens with zero attached hydrogens (tertiary/aromatic N) is 4. The third-order valence-corrected chi connectivity index (χ3v) is 7.07. The maximum Gasteiger partial charge on any atom is 0.276 e. The number of nitrogens with one attached hydrogen (secondary N) is 1. The van der Waals surface area contributed by atoms with Crippen LogP contribution < -0.4 is 10.0 Å². The van der Waals surface area contributed by atoms with Crippen LogP contribution in [0.15, 0.2) is 18.6 Å². The van der Waals surface area contributed by atoms with Crippen LogP contribution in [-0.4, -0.2) is 53.9 Å². The monoisotopic (exact) mass is 364 g/mol. The lowest BCUT2D eigenvalue weighted by Gasteiger charge is -2.53. The van der Waals surface area contributed by atoms with Gasteiger partial charge in [0.25, 0.3) is 10.2 Å². The summed E-state index contributed by atoms with van der Waals surface area (Å²) in [6.45, 7) is 4.89. The lowest BCUT2D eigenvalue weighted by Crippen LogP contribution is -2.59. The normalized spacial score (nSPS) is 28.2. The average Bonchev–Trinajstić information content (AvgIpc) is 3.08. The molecule has 2 aromatic heterocycles. The van der Waals surface area contributed by atoms with Crippen LogP contribution in [0.5, 0.6) is 0 Å². The molecule has 2 aliphatic rings. The van der Waals surface area contributed by atoms with Crippen LogP contribution in [0.25, 0.3) is 11.0 Å². The maximum absolute atomic E-state index is 11.9. The highest BCUT2D eigenvalue weighted by molar-refractivity contribution is 7.86. The smallest absolute Gasteiger partial charge is 0.276 e. The van der Waals surface area contributed by atoms with E-state index in [1.165, 1.54) is 4.31 Å². The molecular formula is C16H24N6O2S. The number of H-pyrrole nitrogens is 1. The predicted octanol–water partition coefficient (Wildman–Crippen LogP) is 1.09. The van der Waals surface area contributed by atoms with Gasteiger partial charge >= 0.3 is 0 Å². The molecule has 25 heavy (non-hydrogen) atoms. The third kappa shape index (κ3) is 2.80. The van der Waals surface area contributed by atoms with E-state index in [9.17, 15) is 8.42 Å². The van der Waals surface area contributed by atoms with E-state index >= 15 is 0 Å². The Morgan fingerprint density at radius 1 is 1.32 bits per heavy atom. The van der Waals surface area contributed by atoms with E-state index in [4.69, 9.17) is 5.14 Å². The zero-order valence-electron chi connectivity index (χ0n) is 14.4. The van der Waals surface area contributed by atoms with Gasteiger partial charge in [0.2, 0.25) is 0 Å². The molecule has 2 fully saturated rings. The Morgan fingerprint density at radius 2 is 2.12 bits per heavy atom. The van der Waals surface area contributed by atoms with Gasteiger partial charge in [0, 0.05) is 37.8 Å². The summed E-state index contributed by atoms with van der Waals surface area (Å²) in [5.41, 5.74) is 0.740. The van der Waals surface area contributed by atoms with Crippen LogP contribution in [0.2, 0.25) is 0 Å². The van der Waals surface area contributed by atoms with E-state index in [1.807, 2.05) is 12.3 Å². The molecule has 0 aliphatic carbocycles. The van der Waals surface area contributed by atoms with Gasteiger partial charge in [-0.2, -0.15) is 12.7 Å². The van der Waals surface area contributed by atoms with Crippen molar-refractivity contribution in [2.75, 3.05) is 31.1 Å². The molecule has 0 saturated carbocycles. The van der Waals surface area contributed by atoms with Crippen LogP contribution in [0.1, 0.15) is 26.2 Å². The Balaban J connectivity index is 1.67. The number of aromatic amines is 1. The summed E-state index contributed by atoms with van der Waals surface area (Å²) in [6, 6.07) is 1.99. The van der Waals surface area contributed by atoms with E-state index in [-0.39, 0.29) is 5.41 Å². The Bertz CT molecular complexity index is 882. The molecule has 3 N–H and O–H groups in total. The molecule has 2 saturated heterocycles. The highest BCUT2D eigenvalue weighted by Crippen LogP contribution is 2.45. The first-order valence-electron chi connectivity index (χ1n) is 8.74. The van der Waals surface area contributed by atoms with Crippen molar-refractivity contribution in [3.63, 3.8) is 0 Å². The van der Waals surface area contributed by atoms with E-state index in [0.29, 0.717) is 19.0 Å². The Morgan fingerprint density at radius 3 is 2.88 bits per heavy atom. The van der Waals surface area contributed by atoms with Crippen molar-refractivity contribution in [2.45, 2.75) is 26.2 Å². The van der Waals surface area contributed by atoms with Crippen molar-refractivity contribution in [3.8, 4) is 0 Å². The highest BCUT2D eigenvalue weighted by Gasteiger charge is 2.48. The summed E-state index contributed by atoms with van der Waals surface area (Å²) in [4.78, 5) is 14.2. The molecule has 4 heterocycles. The third-order valence-electron chi connectivity index (χ3n) is 6.03. The average molecular weight is 364 g/mol. The second-order valence-electron chi connectivity index (χ2n) is 7.23. The number of aromatic nitrogens is 3. The molecule has 9 heteroatoms. The number of rotatable bonds is 3. The fourth-order valence-corrected chi connectivity index (χ4v) is 5.38. The Kier molecular flexibility index (Phi) is 3.97. The van der Waals surface area contributed by atoms with E-state index < -0.39 is 10.2 Å². The van der Waals surface area contributed by atoms with Gasteiger partial charge in [-0.1, -0.05) is 6.92 Å². The Hall–Kier alpha value is -1.71. The molecule has 0 amide bonds. The van der Waals surface area contributed by atoms with Gasteiger partial charge in [0.1, 0.15) is 17.8 Å². The molecule has 2 aromatic rings. The van der Waals surface area contributed by atoms with Gasteiger partial charge in [0.15, 0.2) is 0 Å². The van der Waals surface area contributed by atoms with Crippen molar-refractivity contribution in [1.82, 2.24) is 19.3 Å². The number of hydrogen-bond donors (Lipinski definition) is 2. The van der Waals surface area contributed by atoms with Crippen LogP contribution in [0.3, 0.4) is 0 Å². The van der Waals surface area contributed by atoms with Gasteiger partial charge in [-0.05, 0) is 31.2 Å². The fourth-order valence-electron chi connectivity index (χ4n) is 4.59. The molecule has 0 radical (unpaired) electrons. The molecule has 0 unspecified atom stereocenters. The lowest BCUT2D eigenvalue weighted by molar-refractivity contribution is 0.0463. The topological polar surface area (TPSA) is 108 Å². The van der Waals surface area contributed by atoms with Crippen molar-refractivity contribution >= 4 is 27.1 Å². The molecular weight excluding hydrogens is 340 g/mol. The number of piperidine rings is 2. The molecule has 136 valence electrons. The minimum atomic E-state index is -3.65. The van der Waals surface area contributed by atoms with Gasteiger partial charge in [0.05, 0.1) is 5.39 Å². The van der Waals surface area contributed by atoms with Crippen LogP contribution in [0.4, 0.5) is 5.82 Å². The van der Waals surface area contributed by atoms with Crippen molar-refractivity contribution in [3.05, 3.63) is 18.6 Å². The largest absolute Gasteiger partial charge is 0.355 e. The first-order chi connectivity index (χ1) is 11.9. The number of hydrogen-bond acceptors (Lipinski definition) is 5. The maximum atomic E-state index is 11.9. The van der Waals surface area contributed by atoms with Gasteiger partial charge < -0.3 is 9.88 Å². The van der Waals surface area contributed by atoms with Gasteiger partial charge in [-0.3, -0.25) is 0 Å². The molecule has 0 aromatic carbocycles. The van der Waals surface area contributed by atoms with Crippen molar-refractivity contribution in [2.24, 2.45) is 16.5 Å². The SMILES string of the molecule is CC[C@@]12CN(c3ncnc4[nH]ccc34)CC[C@@H]1CCN(S(N)(=O)=O)C2. The second-order valence-corrected chi connectivity index (χ2v) is 8.77. The van der Waals surface area contributed by atoms with Crippen LogP contribution in [-0.2, 0) is 10.2 Å². The highest BCUT2D eigenvalue weighted by atomic mass is 32.2. The number of anilines is 1.